The van der Waals surface area contributed by atoms with Crippen LogP contribution >= 0.6 is 0 Å². The second-order valence-corrected chi connectivity index (χ2v) is 9.16. The van der Waals surface area contributed by atoms with Crippen LogP contribution < -0.4 is 5.73 Å². The first-order valence-corrected chi connectivity index (χ1v) is 12.8. The van der Waals surface area contributed by atoms with Gasteiger partial charge in [0.1, 0.15) is 12.0 Å². The smallest absolute Gasteiger partial charge is 0.217 e. The maximum Gasteiger partial charge on any atom is 0.217 e. The fourth-order valence-electron chi connectivity index (χ4n) is 4.79. The first-order valence-electron chi connectivity index (χ1n) is 12.8. The topological polar surface area (TPSA) is 54.1 Å². The molecule has 0 aliphatic carbocycles. The maximum absolute atomic E-state index is 13.2. The van der Waals surface area contributed by atoms with Crippen LogP contribution in [0.25, 0.3) is 0 Å². The van der Waals surface area contributed by atoms with Gasteiger partial charge in [0, 0.05) is 19.5 Å². The van der Waals surface area contributed by atoms with Crippen LogP contribution in [0.2, 0.25) is 0 Å². The molecule has 0 spiro atoms. The molecule has 5 nitrogen and oxygen atoms in total. The molecule has 0 radical (unpaired) electrons. The minimum absolute atomic E-state index is 0.0101. The van der Waals surface area contributed by atoms with E-state index in [4.69, 9.17) is 15.6 Å². The zero-order chi connectivity index (χ0) is 24.6. The number of hydroxylamine groups is 2. The fraction of sp³-hybridized carbons (Fsp3) is 0.536. The summed E-state index contributed by atoms with van der Waals surface area (Å²) < 4.78 is 13.2. The van der Waals surface area contributed by atoms with Gasteiger partial charge in [-0.05, 0) is 68.6 Å². The third-order valence-corrected chi connectivity index (χ3v) is 7.18. The van der Waals surface area contributed by atoms with E-state index in [1.54, 1.807) is 0 Å². The highest BCUT2D eigenvalue weighted by Crippen LogP contribution is 2.39. The number of hydrogen-bond donors (Lipinski definition) is 1. The first-order chi connectivity index (χ1) is 16.5. The van der Waals surface area contributed by atoms with Crippen molar-refractivity contribution in [3.05, 3.63) is 71.5 Å². The lowest BCUT2D eigenvalue weighted by atomic mass is 9.75. The molecule has 2 heterocycles. The lowest BCUT2D eigenvalue weighted by Crippen LogP contribution is -2.45. The Balaban J connectivity index is 0.00000158. The van der Waals surface area contributed by atoms with E-state index in [0.717, 1.165) is 56.8 Å². The third-order valence-electron chi connectivity index (χ3n) is 7.18. The summed E-state index contributed by atoms with van der Waals surface area (Å²) in [5, 5.41) is 1.85. The maximum atomic E-state index is 13.2. The van der Waals surface area contributed by atoms with Crippen LogP contribution in [0.3, 0.4) is 0 Å². The average Bonchev–Trinajstić information content (AvgIpc) is 3.26. The van der Waals surface area contributed by atoms with Gasteiger partial charge in [0.15, 0.2) is 0 Å². The Morgan fingerprint density at radius 2 is 1.74 bits per heavy atom. The molecule has 186 valence electrons. The highest BCUT2D eigenvalue weighted by molar-refractivity contribution is 5.83. The van der Waals surface area contributed by atoms with Gasteiger partial charge >= 0.3 is 0 Å². The van der Waals surface area contributed by atoms with Gasteiger partial charge in [-0.1, -0.05) is 63.2 Å². The van der Waals surface area contributed by atoms with Crippen molar-refractivity contribution < 1.29 is 9.23 Å². The van der Waals surface area contributed by atoms with E-state index in [1.165, 1.54) is 17.7 Å². The summed E-state index contributed by atoms with van der Waals surface area (Å²) in [6, 6.07) is 17.1. The Morgan fingerprint density at radius 3 is 2.35 bits per heavy atom. The molecule has 2 atom stereocenters. The summed E-state index contributed by atoms with van der Waals surface area (Å²) in [6.07, 6.45) is 4.70. The predicted octanol–water partition coefficient (Wildman–Crippen LogP) is 5.58. The molecule has 0 saturated carbocycles. The number of hydrogen-bond acceptors (Lipinski definition) is 5. The number of aliphatic imine (C=N–C) groups is 1. The Morgan fingerprint density at radius 1 is 1.09 bits per heavy atom. The highest BCUT2D eigenvalue weighted by Gasteiger charge is 2.43. The van der Waals surface area contributed by atoms with E-state index in [0.29, 0.717) is 6.42 Å². The van der Waals surface area contributed by atoms with Gasteiger partial charge in [-0.25, -0.2) is 9.38 Å². The summed E-state index contributed by atoms with van der Waals surface area (Å²) in [5.41, 5.74) is 8.66. The van der Waals surface area contributed by atoms with Crippen molar-refractivity contribution in [2.75, 3.05) is 26.7 Å². The van der Waals surface area contributed by atoms with Crippen molar-refractivity contribution in [3.63, 3.8) is 0 Å². The largest absolute Gasteiger partial charge is 0.388 e. The van der Waals surface area contributed by atoms with E-state index in [2.05, 4.69) is 24.0 Å². The summed E-state index contributed by atoms with van der Waals surface area (Å²) >= 11 is 0. The highest BCUT2D eigenvalue weighted by atomic mass is 19.1. The van der Waals surface area contributed by atoms with E-state index >= 15 is 0 Å². The van der Waals surface area contributed by atoms with Crippen molar-refractivity contribution in [2.45, 2.75) is 65.1 Å². The second-order valence-electron chi connectivity index (χ2n) is 9.16. The number of benzene rings is 2. The van der Waals surface area contributed by atoms with E-state index in [1.807, 2.05) is 56.3 Å². The van der Waals surface area contributed by atoms with Crippen molar-refractivity contribution >= 4 is 5.90 Å². The Hall–Kier alpha value is -2.28. The minimum atomic E-state index is -0.213. The van der Waals surface area contributed by atoms with Gasteiger partial charge in [-0.15, -0.1) is 5.06 Å². The molecule has 2 N–H and O–H groups in total. The molecule has 4 rings (SSSR count). The van der Waals surface area contributed by atoms with Crippen molar-refractivity contribution in [2.24, 2.45) is 16.1 Å². The molecule has 34 heavy (non-hydrogen) atoms. The Labute approximate surface area is 204 Å². The van der Waals surface area contributed by atoms with Crippen LogP contribution in [0.5, 0.6) is 0 Å². The van der Waals surface area contributed by atoms with E-state index in [-0.39, 0.29) is 23.4 Å². The van der Waals surface area contributed by atoms with Crippen LogP contribution in [0.15, 0.2) is 59.6 Å². The normalized spacial score (nSPS) is 21.2. The van der Waals surface area contributed by atoms with Crippen molar-refractivity contribution in [3.8, 4) is 0 Å². The fourth-order valence-corrected chi connectivity index (χ4v) is 4.79. The van der Waals surface area contributed by atoms with Crippen LogP contribution in [0.1, 0.15) is 63.6 Å². The number of nitrogens with zero attached hydrogens (tertiary/aromatic N) is 3. The average molecular weight is 469 g/mol. The standard InChI is InChI=1S/C26H35FN4O.C2H6/c1-3-26(25-29-24(30(2)32-25)19-20-9-11-22(27)12-10-20)14-17-31(18-15-26)16-13-23(28)21-7-5-4-6-8-21;1-2/h4-12,23-24H,3,13-19,28H2,1-2H3;1-2H3. The van der Waals surface area contributed by atoms with Gasteiger partial charge in [-0.3, -0.25) is 0 Å². The lowest BCUT2D eigenvalue weighted by molar-refractivity contribution is -0.0685. The number of halogens is 1. The molecular formula is C28H41FN4O. The Bertz CT molecular complexity index is 894. The lowest BCUT2D eigenvalue weighted by Gasteiger charge is -2.40. The second kappa shape index (κ2) is 12.4. The van der Waals surface area contributed by atoms with Crippen molar-refractivity contribution in [1.29, 1.82) is 0 Å². The zero-order valence-corrected chi connectivity index (χ0v) is 21.2. The molecule has 0 amide bonds. The minimum Gasteiger partial charge on any atom is -0.388 e. The van der Waals surface area contributed by atoms with Crippen LogP contribution in [-0.2, 0) is 11.3 Å². The number of rotatable bonds is 8. The van der Waals surface area contributed by atoms with Crippen LogP contribution in [-0.4, -0.2) is 48.7 Å². The molecule has 1 saturated heterocycles. The number of piperidine rings is 1. The van der Waals surface area contributed by atoms with Crippen LogP contribution in [0, 0.1) is 11.2 Å². The van der Waals surface area contributed by atoms with Gasteiger partial charge in [0.2, 0.25) is 5.90 Å². The molecule has 0 aromatic heterocycles. The SMILES string of the molecule is CC.CCC1(C2=NC(Cc3ccc(F)cc3)N(C)O2)CCN(CCC(N)c2ccccc2)CC1. The molecule has 1 fully saturated rings. The predicted molar refractivity (Wildman–Crippen MR) is 138 cm³/mol. The third kappa shape index (κ3) is 6.44. The molecule has 0 bridgehead atoms. The molecule has 2 aliphatic rings. The quantitative estimate of drug-likeness (QED) is 0.550. The molecule has 2 aromatic rings. The summed E-state index contributed by atoms with van der Waals surface area (Å²) in [5.74, 6) is 0.658. The molecule has 2 unspecified atom stereocenters. The van der Waals surface area contributed by atoms with Crippen molar-refractivity contribution in [1.82, 2.24) is 9.96 Å². The van der Waals surface area contributed by atoms with Gasteiger partial charge in [-0.2, -0.15) is 0 Å². The van der Waals surface area contributed by atoms with E-state index < -0.39 is 0 Å². The molecule has 2 aliphatic heterocycles. The Kier molecular flexibility index (Phi) is 9.63. The number of likely N-dealkylation sites (N-methyl/N-ethyl adjacent to an activating group) is 1. The summed E-state index contributed by atoms with van der Waals surface area (Å²) in [7, 11) is 1.94. The number of nitrogens with two attached hydrogens (primary N) is 1. The zero-order valence-electron chi connectivity index (χ0n) is 21.2. The molecule has 6 heteroatoms. The monoisotopic (exact) mass is 468 g/mol. The molecular weight excluding hydrogens is 427 g/mol. The van der Waals surface area contributed by atoms with Gasteiger partial charge in [0.25, 0.3) is 0 Å². The van der Waals surface area contributed by atoms with Gasteiger partial charge in [0.05, 0.1) is 5.41 Å². The van der Waals surface area contributed by atoms with Gasteiger partial charge < -0.3 is 15.5 Å². The first kappa shape index (κ1) is 26.3. The summed E-state index contributed by atoms with van der Waals surface area (Å²) in [6.45, 7) is 9.31. The summed E-state index contributed by atoms with van der Waals surface area (Å²) in [4.78, 5) is 13.7. The van der Waals surface area contributed by atoms with Crippen LogP contribution in [0.4, 0.5) is 4.39 Å². The molecule has 2 aromatic carbocycles. The number of likely N-dealkylation sites (tertiary alicyclic amines) is 1. The van der Waals surface area contributed by atoms with E-state index in [9.17, 15) is 4.39 Å².